The van der Waals surface area contributed by atoms with E-state index in [9.17, 15) is 18.0 Å². The molecule has 1 N–H and O–H groups in total. The Labute approximate surface area is 236 Å². The maximum atomic E-state index is 13.7. The molecule has 2 amide bonds. The molecule has 0 bridgehead atoms. The average molecular weight is 570 g/mol. The Kier molecular flexibility index (Phi) is 10.5. The van der Waals surface area contributed by atoms with Gasteiger partial charge in [0, 0.05) is 38.0 Å². The quantitative estimate of drug-likeness (QED) is 0.336. The van der Waals surface area contributed by atoms with Crippen molar-refractivity contribution in [1.29, 1.82) is 0 Å². The third-order valence-corrected chi connectivity index (χ3v) is 8.17. The van der Waals surface area contributed by atoms with Gasteiger partial charge < -0.3 is 10.2 Å². The molecule has 0 aliphatic carbocycles. The van der Waals surface area contributed by atoms with Crippen molar-refractivity contribution in [3.8, 4) is 0 Å². The number of sulfonamides is 1. The van der Waals surface area contributed by atoms with Crippen LogP contribution < -0.4 is 9.62 Å². The monoisotopic (exact) mass is 569 g/mol. The Balaban J connectivity index is 1.86. The number of carbonyl (C=O) groups excluding carboxylic acids is 2. The number of nitrogens with zero attached hydrogens (tertiary/aromatic N) is 2. The number of hydrogen-bond donors (Lipinski definition) is 1. The molecule has 3 aromatic rings. The molecule has 39 heavy (non-hydrogen) atoms. The number of carbonyl (C=O) groups is 2. The number of anilines is 1. The van der Waals surface area contributed by atoms with Crippen LogP contribution in [-0.4, -0.2) is 51.0 Å². The lowest BCUT2D eigenvalue weighted by atomic mass is 10.0. The smallest absolute Gasteiger partial charge is 0.242 e. The Morgan fingerprint density at radius 1 is 0.949 bits per heavy atom. The van der Waals surface area contributed by atoms with Crippen molar-refractivity contribution in [3.05, 3.63) is 100 Å². The van der Waals surface area contributed by atoms with Gasteiger partial charge in [-0.2, -0.15) is 0 Å². The summed E-state index contributed by atoms with van der Waals surface area (Å²) in [5, 5.41) is 3.24. The lowest BCUT2D eigenvalue weighted by Gasteiger charge is -2.32. The van der Waals surface area contributed by atoms with Gasteiger partial charge in [-0.1, -0.05) is 66.2 Å². The number of amides is 2. The van der Waals surface area contributed by atoms with E-state index in [1.165, 1.54) is 10.6 Å². The van der Waals surface area contributed by atoms with Gasteiger partial charge >= 0.3 is 0 Å². The summed E-state index contributed by atoms with van der Waals surface area (Å²) in [4.78, 5) is 28.4. The number of hydrogen-bond acceptors (Lipinski definition) is 4. The first kappa shape index (κ1) is 30.2. The minimum absolute atomic E-state index is 0.0692. The first-order valence-electron chi connectivity index (χ1n) is 12.8. The maximum Gasteiger partial charge on any atom is 0.242 e. The van der Waals surface area contributed by atoms with Crippen LogP contribution in [0.3, 0.4) is 0 Å². The van der Waals surface area contributed by atoms with Crippen LogP contribution in [0.5, 0.6) is 0 Å². The zero-order chi connectivity index (χ0) is 28.6. The third kappa shape index (κ3) is 8.31. The highest BCUT2D eigenvalue weighted by Gasteiger charge is 2.30. The summed E-state index contributed by atoms with van der Waals surface area (Å²) in [6.07, 6.45) is 1.87. The molecule has 0 saturated heterocycles. The van der Waals surface area contributed by atoms with Crippen LogP contribution in [-0.2, 0) is 32.6 Å². The third-order valence-electron chi connectivity index (χ3n) is 6.76. The molecule has 1 atom stereocenters. The molecule has 0 saturated carbocycles. The first-order chi connectivity index (χ1) is 18.5. The average Bonchev–Trinajstić information content (AvgIpc) is 2.90. The fourth-order valence-corrected chi connectivity index (χ4v) is 5.77. The maximum absolute atomic E-state index is 13.7. The number of rotatable bonds is 12. The van der Waals surface area contributed by atoms with Crippen LogP contribution in [0.2, 0.25) is 5.02 Å². The van der Waals surface area contributed by atoms with E-state index in [4.69, 9.17) is 11.6 Å². The van der Waals surface area contributed by atoms with Crippen LogP contribution in [0, 0.1) is 13.8 Å². The summed E-state index contributed by atoms with van der Waals surface area (Å²) in [5.41, 5.74) is 4.19. The molecule has 0 unspecified atom stereocenters. The fourth-order valence-electron chi connectivity index (χ4n) is 4.54. The SMILES string of the molecule is CNC(=O)[C@@H](Cc1ccccc1)N(Cc1cccc(Cl)c1)C(=O)CCCN(c1cccc(C)c1C)S(C)(=O)=O. The first-order valence-corrected chi connectivity index (χ1v) is 15.1. The molecule has 0 heterocycles. The second-order valence-corrected chi connectivity index (χ2v) is 12.0. The molecular weight excluding hydrogens is 534 g/mol. The molecule has 0 radical (unpaired) electrons. The van der Waals surface area contributed by atoms with Gasteiger partial charge in [-0.15, -0.1) is 0 Å². The van der Waals surface area contributed by atoms with Gasteiger partial charge in [-0.25, -0.2) is 8.42 Å². The standard InChI is InChI=1S/C30H36ClN3O4S/c1-22-11-8-16-27(23(22)2)34(39(4,37)38)18-10-17-29(35)33(21-25-14-9-15-26(31)19-25)28(30(36)32-3)20-24-12-6-5-7-13-24/h5-9,11-16,19,28H,10,17-18,20-21H2,1-4H3,(H,32,36)/t28-/m1/s1. The van der Waals surface area contributed by atoms with Crippen LogP contribution in [0.25, 0.3) is 0 Å². The molecule has 0 spiro atoms. The van der Waals surface area contributed by atoms with Crippen molar-refractivity contribution in [1.82, 2.24) is 10.2 Å². The second-order valence-electron chi connectivity index (χ2n) is 9.63. The van der Waals surface area contributed by atoms with Crippen molar-refractivity contribution in [2.75, 3.05) is 24.2 Å². The van der Waals surface area contributed by atoms with Gasteiger partial charge in [0.2, 0.25) is 21.8 Å². The van der Waals surface area contributed by atoms with E-state index >= 15 is 0 Å². The van der Waals surface area contributed by atoms with Gasteiger partial charge in [-0.3, -0.25) is 13.9 Å². The fraction of sp³-hybridized carbons (Fsp3) is 0.333. The normalized spacial score (nSPS) is 12.0. The van der Waals surface area contributed by atoms with E-state index in [2.05, 4.69) is 5.32 Å². The van der Waals surface area contributed by atoms with Gasteiger partial charge in [0.1, 0.15) is 6.04 Å². The summed E-state index contributed by atoms with van der Waals surface area (Å²) in [6, 6.07) is 21.5. The highest BCUT2D eigenvalue weighted by molar-refractivity contribution is 7.92. The Hall–Kier alpha value is -3.36. The number of nitrogens with one attached hydrogen (secondary N) is 1. The zero-order valence-electron chi connectivity index (χ0n) is 22.9. The van der Waals surface area contributed by atoms with Gasteiger partial charge in [-0.05, 0) is 60.7 Å². The number of benzene rings is 3. The van der Waals surface area contributed by atoms with E-state index < -0.39 is 16.1 Å². The van der Waals surface area contributed by atoms with Gasteiger partial charge in [0.25, 0.3) is 0 Å². The molecule has 3 rings (SSSR count). The molecule has 208 valence electrons. The van der Waals surface area contributed by atoms with Crippen molar-refractivity contribution in [2.45, 2.75) is 45.7 Å². The van der Waals surface area contributed by atoms with Crippen LogP contribution >= 0.6 is 11.6 Å². The predicted octanol–water partition coefficient (Wildman–Crippen LogP) is 4.89. The summed E-state index contributed by atoms with van der Waals surface area (Å²) < 4.78 is 26.7. The molecule has 3 aromatic carbocycles. The highest BCUT2D eigenvalue weighted by atomic mass is 35.5. The zero-order valence-corrected chi connectivity index (χ0v) is 24.4. The van der Waals surface area contributed by atoms with Crippen LogP contribution in [0.15, 0.2) is 72.8 Å². The summed E-state index contributed by atoms with van der Waals surface area (Å²) in [6.45, 7) is 4.15. The van der Waals surface area contributed by atoms with E-state index in [0.717, 1.165) is 22.3 Å². The molecule has 0 fully saturated rings. The summed E-state index contributed by atoms with van der Waals surface area (Å²) >= 11 is 6.21. The van der Waals surface area contributed by atoms with Gasteiger partial charge in [0.05, 0.1) is 11.9 Å². The van der Waals surface area contributed by atoms with E-state index in [1.54, 1.807) is 36.2 Å². The van der Waals surface area contributed by atoms with E-state index in [-0.39, 0.29) is 37.7 Å². The van der Waals surface area contributed by atoms with Crippen molar-refractivity contribution in [3.63, 3.8) is 0 Å². The molecular formula is C30H36ClN3O4S. The molecule has 0 aliphatic rings. The largest absolute Gasteiger partial charge is 0.357 e. The second kappa shape index (κ2) is 13.6. The van der Waals surface area contributed by atoms with Crippen LogP contribution in [0.1, 0.15) is 35.1 Å². The lowest BCUT2D eigenvalue weighted by Crippen LogP contribution is -2.49. The highest BCUT2D eigenvalue weighted by Crippen LogP contribution is 2.26. The van der Waals surface area contributed by atoms with Crippen molar-refractivity contribution >= 4 is 39.1 Å². The minimum atomic E-state index is -3.57. The minimum Gasteiger partial charge on any atom is -0.357 e. The number of aryl methyl sites for hydroxylation is 1. The van der Waals surface area contributed by atoms with Crippen molar-refractivity contribution < 1.29 is 18.0 Å². The van der Waals surface area contributed by atoms with Crippen molar-refractivity contribution in [2.24, 2.45) is 0 Å². The molecule has 0 aliphatic heterocycles. The van der Waals surface area contributed by atoms with E-state index in [0.29, 0.717) is 17.1 Å². The summed E-state index contributed by atoms with van der Waals surface area (Å²) in [7, 11) is -2.02. The Bertz CT molecular complexity index is 1400. The lowest BCUT2D eigenvalue weighted by molar-refractivity contribution is -0.141. The summed E-state index contributed by atoms with van der Waals surface area (Å²) in [5.74, 6) is -0.517. The van der Waals surface area contributed by atoms with E-state index in [1.807, 2.05) is 62.4 Å². The Morgan fingerprint density at radius 2 is 1.62 bits per heavy atom. The van der Waals surface area contributed by atoms with Gasteiger partial charge in [0.15, 0.2) is 0 Å². The molecule has 9 heteroatoms. The Morgan fingerprint density at radius 3 is 2.26 bits per heavy atom. The van der Waals surface area contributed by atoms with Crippen LogP contribution in [0.4, 0.5) is 5.69 Å². The molecule has 0 aromatic heterocycles. The predicted molar refractivity (Wildman–Crippen MR) is 157 cm³/mol. The molecule has 7 nitrogen and oxygen atoms in total. The number of likely N-dealkylation sites (N-methyl/N-ethyl adjacent to an activating group) is 1. The topological polar surface area (TPSA) is 86.8 Å². The number of halogens is 1.